The second-order valence-corrected chi connectivity index (χ2v) is 12.8. The molecule has 3 fully saturated rings. The highest BCUT2D eigenvalue weighted by molar-refractivity contribution is 7.94. The number of aryl methyl sites for hydroxylation is 1. The Bertz CT molecular complexity index is 1120. The van der Waals surface area contributed by atoms with Gasteiger partial charge in [-0.25, -0.2) is 13.2 Å². The van der Waals surface area contributed by atoms with Crippen LogP contribution in [-0.4, -0.2) is 82.7 Å². The number of ether oxygens (including phenoxy) is 3. The average Bonchev–Trinajstić information content (AvgIpc) is 3.65. The Morgan fingerprint density at radius 3 is 2.48 bits per heavy atom. The van der Waals surface area contributed by atoms with Crippen LogP contribution in [0.1, 0.15) is 73.0 Å². The third-order valence-electron chi connectivity index (χ3n) is 7.47. The number of sulfone groups is 1. The largest absolute Gasteiger partial charge is 0.461 e. The Hall–Kier alpha value is -1.98. The Morgan fingerprint density at radius 1 is 1.24 bits per heavy atom. The summed E-state index contributed by atoms with van der Waals surface area (Å²) < 4.78 is 44.0. The normalized spacial score (nSPS) is 26.7. The average molecular weight is 482 g/mol. The number of carbonyl (C=O) groups excluding carboxylic acids is 2. The highest BCUT2D eigenvalue weighted by Crippen LogP contribution is 2.60. The zero-order chi connectivity index (χ0) is 23.8. The first kappa shape index (κ1) is 22.8. The van der Waals surface area contributed by atoms with Crippen molar-refractivity contribution >= 4 is 21.7 Å². The molecule has 1 saturated heterocycles. The van der Waals surface area contributed by atoms with Crippen LogP contribution in [0.15, 0.2) is 0 Å². The zero-order valence-corrected chi connectivity index (χ0v) is 20.4. The lowest BCUT2D eigenvalue weighted by atomic mass is 10.0. The van der Waals surface area contributed by atoms with Gasteiger partial charge >= 0.3 is 5.97 Å². The molecule has 1 atom stereocenters. The molecule has 1 aromatic heterocycles. The van der Waals surface area contributed by atoms with E-state index in [4.69, 9.17) is 14.2 Å². The molecule has 5 rings (SSSR count). The third-order valence-corrected chi connectivity index (χ3v) is 10.9. The van der Waals surface area contributed by atoms with Crippen LogP contribution >= 0.6 is 0 Å². The summed E-state index contributed by atoms with van der Waals surface area (Å²) in [6.07, 6.45) is 2.13. The molecule has 0 spiro atoms. The van der Waals surface area contributed by atoms with Gasteiger partial charge in [0, 0.05) is 25.7 Å². The molecule has 2 aliphatic heterocycles. The van der Waals surface area contributed by atoms with Crippen LogP contribution in [0.4, 0.5) is 0 Å². The van der Waals surface area contributed by atoms with Gasteiger partial charge in [0.25, 0.3) is 5.91 Å². The molecule has 1 unspecified atom stereocenters. The van der Waals surface area contributed by atoms with Gasteiger partial charge in [0.15, 0.2) is 21.3 Å². The number of carbonyl (C=O) groups is 2. The van der Waals surface area contributed by atoms with E-state index in [9.17, 15) is 18.0 Å². The number of hydrogen-bond acceptors (Lipinski definition) is 8. The van der Waals surface area contributed by atoms with Crippen molar-refractivity contribution in [1.82, 2.24) is 14.7 Å². The van der Waals surface area contributed by atoms with E-state index in [1.807, 2.05) is 0 Å². The van der Waals surface area contributed by atoms with Gasteiger partial charge in [-0.05, 0) is 52.9 Å². The van der Waals surface area contributed by atoms with E-state index in [-0.39, 0.29) is 31.4 Å². The third kappa shape index (κ3) is 3.34. The number of hydrogen-bond donors (Lipinski definition) is 0. The minimum Gasteiger partial charge on any atom is -0.461 e. The molecule has 0 N–H and O–H groups in total. The molecule has 0 bridgehead atoms. The fourth-order valence-corrected chi connectivity index (χ4v) is 8.28. The molecular formula is C22H31N3O7S. The van der Waals surface area contributed by atoms with Crippen molar-refractivity contribution in [2.75, 3.05) is 26.3 Å². The standard InChI is InChI=1S/C22H31N3O7S/c1-5-30-19(27)16-14-6-11-25(18(26)17(14)24(4)23-16)13-21(7-8-21)33(28,29)22(9-10-22)15-12-31-20(2,3)32-15/h15H,5-13H2,1-4H3. The number of esters is 1. The van der Waals surface area contributed by atoms with Gasteiger partial charge in [-0.3, -0.25) is 9.48 Å². The lowest BCUT2D eigenvalue weighted by Gasteiger charge is -2.34. The quantitative estimate of drug-likeness (QED) is 0.534. The summed E-state index contributed by atoms with van der Waals surface area (Å²) in [4.78, 5) is 27.2. The van der Waals surface area contributed by atoms with Crippen molar-refractivity contribution in [3.8, 4) is 0 Å². The van der Waals surface area contributed by atoms with Crippen molar-refractivity contribution in [1.29, 1.82) is 0 Å². The van der Waals surface area contributed by atoms with Crippen LogP contribution in [0.25, 0.3) is 0 Å². The number of rotatable bonds is 7. The van der Waals surface area contributed by atoms with Crippen molar-refractivity contribution in [2.45, 2.75) is 74.3 Å². The summed E-state index contributed by atoms with van der Waals surface area (Å²) in [6, 6.07) is 0. The van der Waals surface area contributed by atoms with Crippen LogP contribution in [0, 0.1) is 0 Å². The van der Waals surface area contributed by atoms with Crippen LogP contribution in [-0.2, 0) is 37.5 Å². The van der Waals surface area contributed by atoms with Crippen LogP contribution < -0.4 is 0 Å². The van der Waals surface area contributed by atoms with Crippen molar-refractivity contribution in [3.63, 3.8) is 0 Å². The highest BCUT2D eigenvalue weighted by Gasteiger charge is 2.72. The summed E-state index contributed by atoms with van der Waals surface area (Å²) in [5.74, 6) is -1.63. The molecule has 0 aromatic carbocycles. The zero-order valence-electron chi connectivity index (χ0n) is 19.5. The van der Waals surface area contributed by atoms with E-state index >= 15 is 0 Å². The van der Waals surface area contributed by atoms with Gasteiger partial charge in [0.05, 0.1) is 18.0 Å². The number of amides is 1. The van der Waals surface area contributed by atoms with E-state index in [0.717, 1.165) is 0 Å². The van der Waals surface area contributed by atoms with Gasteiger partial charge < -0.3 is 19.1 Å². The van der Waals surface area contributed by atoms with Crippen LogP contribution in [0.5, 0.6) is 0 Å². The van der Waals surface area contributed by atoms with Gasteiger partial charge in [-0.1, -0.05) is 0 Å². The SMILES string of the molecule is CCOC(=O)c1nn(C)c2c1CCN(CC1(S(=O)(=O)C3(C4COC(C)(C)O4)CC3)CC1)C2=O. The van der Waals surface area contributed by atoms with E-state index in [0.29, 0.717) is 49.9 Å². The van der Waals surface area contributed by atoms with Gasteiger partial charge in [0.2, 0.25) is 0 Å². The molecule has 2 saturated carbocycles. The summed E-state index contributed by atoms with van der Waals surface area (Å²) in [5.41, 5.74) is 1.06. The monoisotopic (exact) mass is 481 g/mol. The molecular weight excluding hydrogens is 450 g/mol. The Morgan fingerprint density at radius 2 is 1.94 bits per heavy atom. The maximum Gasteiger partial charge on any atom is 0.359 e. The fraction of sp³-hybridized carbons (Fsp3) is 0.773. The highest BCUT2D eigenvalue weighted by atomic mass is 32.2. The first-order valence-corrected chi connectivity index (χ1v) is 13.0. The number of aromatic nitrogens is 2. The molecule has 4 aliphatic rings. The van der Waals surface area contributed by atoms with Crippen molar-refractivity contribution in [3.05, 3.63) is 17.0 Å². The van der Waals surface area contributed by atoms with Crippen LogP contribution in [0.2, 0.25) is 0 Å². The van der Waals surface area contributed by atoms with E-state index < -0.39 is 37.2 Å². The summed E-state index contributed by atoms with van der Waals surface area (Å²) in [7, 11) is -1.95. The molecule has 33 heavy (non-hydrogen) atoms. The Balaban J connectivity index is 1.38. The topological polar surface area (TPSA) is 117 Å². The Labute approximate surface area is 193 Å². The van der Waals surface area contributed by atoms with Gasteiger partial charge in [-0.2, -0.15) is 5.10 Å². The minimum atomic E-state index is -3.57. The lowest BCUT2D eigenvalue weighted by Crippen LogP contribution is -2.51. The number of fused-ring (bicyclic) bond motifs is 1. The molecule has 0 radical (unpaired) electrons. The summed E-state index contributed by atoms with van der Waals surface area (Å²) in [6.45, 7) is 6.28. The van der Waals surface area contributed by atoms with E-state index in [1.165, 1.54) is 4.68 Å². The smallest absolute Gasteiger partial charge is 0.359 e. The maximum atomic E-state index is 13.9. The number of nitrogens with zero attached hydrogens (tertiary/aromatic N) is 3. The fourth-order valence-electron chi connectivity index (χ4n) is 5.35. The molecule has 10 nitrogen and oxygen atoms in total. The first-order valence-electron chi connectivity index (χ1n) is 11.6. The van der Waals surface area contributed by atoms with Crippen molar-refractivity contribution < 1.29 is 32.2 Å². The predicted molar refractivity (Wildman–Crippen MR) is 117 cm³/mol. The minimum absolute atomic E-state index is 0.145. The predicted octanol–water partition coefficient (Wildman–Crippen LogP) is 1.23. The van der Waals surface area contributed by atoms with Gasteiger partial charge in [-0.15, -0.1) is 0 Å². The molecule has 2 aliphatic carbocycles. The molecule has 182 valence electrons. The Kier molecular flexibility index (Phi) is 5.01. The van der Waals surface area contributed by atoms with E-state index in [1.54, 1.807) is 32.7 Å². The van der Waals surface area contributed by atoms with Crippen LogP contribution in [0.3, 0.4) is 0 Å². The first-order chi connectivity index (χ1) is 15.5. The summed E-state index contributed by atoms with van der Waals surface area (Å²) in [5, 5.41) is 4.22. The maximum absolute atomic E-state index is 13.9. The lowest BCUT2D eigenvalue weighted by molar-refractivity contribution is -0.139. The van der Waals surface area contributed by atoms with E-state index in [2.05, 4.69) is 5.10 Å². The molecule has 11 heteroatoms. The molecule has 3 heterocycles. The van der Waals surface area contributed by atoms with Crippen molar-refractivity contribution in [2.24, 2.45) is 7.05 Å². The second-order valence-electron chi connectivity index (χ2n) is 10.1. The second kappa shape index (κ2) is 7.26. The molecule has 1 amide bonds. The molecule has 1 aromatic rings. The summed E-state index contributed by atoms with van der Waals surface area (Å²) >= 11 is 0. The van der Waals surface area contributed by atoms with Gasteiger partial charge in [0.1, 0.15) is 16.5 Å².